The number of ether oxygens (including phenoxy) is 1. The third-order valence-corrected chi connectivity index (χ3v) is 4.50. The molecule has 0 saturated carbocycles. The highest BCUT2D eigenvalue weighted by molar-refractivity contribution is 5.47. The van der Waals surface area contributed by atoms with E-state index in [1.807, 2.05) is 6.07 Å². The van der Waals surface area contributed by atoms with Crippen LogP contribution in [0.1, 0.15) is 43.1 Å². The molecule has 1 heterocycles. The lowest BCUT2D eigenvalue weighted by Crippen LogP contribution is -2.30. The summed E-state index contributed by atoms with van der Waals surface area (Å²) in [5, 5.41) is 0. The van der Waals surface area contributed by atoms with E-state index in [2.05, 4.69) is 49.7 Å². The fourth-order valence-corrected chi connectivity index (χ4v) is 3.49. The zero-order valence-corrected chi connectivity index (χ0v) is 13.3. The number of benzene rings is 1. The molecule has 3 heteroatoms. The molecular formula is C18H24N2O. The first-order valence-corrected chi connectivity index (χ1v) is 7.52. The lowest BCUT2D eigenvalue weighted by molar-refractivity contribution is 0.278. The van der Waals surface area contributed by atoms with Crippen LogP contribution in [0.15, 0.2) is 30.5 Å². The van der Waals surface area contributed by atoms with E-state index in [4.69, 9.17) is 10.5 Å². The summed E-state index contributed by atoms with van der Waals surface area (Å²) in [4.78, 5) is 0. The van der Waals surface area contributed by atoms with Gasteiger partial charge in [-0.05, 0) is 60.6 Å². The van der Waals surface area contributed by atoms with Crippen molar-refractivity contribution in [2.75, 3.05) is 7.11 Å². The number of hydrogen-bond acceptors (Lipinski definition) is 2. The molecule has 0 amide bonds. The number of aromatic nitrogens is 1. The number of nitrogens with zero attached hydrogens (tertiary/aromatic N) is 1. The molecule has 3 rings (SSSR count). The first-order valence-electron chi connectivity index (χ1n) is 7.52. The van der Waals surface area contributed by atoms with Crippen LogP contribution in [-0.4, -0.2) is 11.7 Å². The van der Waals surface area contributed by atoms with Gasteiger partial charge in [0.25, 0.3) is 0 Å². The zero-order valence-electron chi connectivity index (χ0n) is 13.3. The van der Waals surface area contributed by atoms with E-state index in [0.29, 0.717) is 0 Å². The highest BCUT2D eigenvalue weighted by Gasteiger charge is 2.32. The topological polar surface area (TPSA) is 40.2 Å². The highest BCUT2D eigenvalue weighted by atomic mass is 16.5. The summed E-state index contributed by atoms with van der Waals surface area (Å²) in [6.45, 7) is 6.67. The van der Waals surface area contributed by atoms with Crippen LogP contribution in [0.2, 0.25) is 0 Å². The molecule has 2 aromatic rings. The Morgan fingerprint density at radius 3 is 2.71 bits per heavy atom. The van der Waals surface area contributed by atoms with Gasteiger partial charge in [0.05, 0.1) is 7.11 Å². The van der Waals surface area contributed by atoms with Crippen LogP contribution < -0.4 is 10.5 Å². The molecule has 0 aliphatic heterocycles. The molecule has 1 unspecified atom stereocenters. The van der Waals surface area contributed by atoms with Crippen LogP contribution in [0, 0.1) is 12.3 Å². The van der Waals surface area contributed by atoms with Crippen molar-refractivity contribution in [3.05, 3.63) is 47.3 Å². The fraction of sp³-hybridized carbons (Fsp3) is 0.444. The first-order chi connectivity index (χ1) is 9.91. The van der Waals surface area contributed by atoms with E-state index in [0.717, 1.165) is 24.2 Å². The second kappa shape index (κ2) is 4.92. The average Bonchev–Trinajstić information content (AvgIpc) is 2.81. The summed E-state index contributed by atoms with van der Waals surface area (Å²) in [6.07, 6.45) is 4.26. The Bertz CT molecular complexity index is 670. The minimum atomic E-state index is 0.143. The fourth-order valence-electron chi connectivity index (χ4n) is 3.49. The van der Waals surface area contributed by atoms with Gasteiger partial charge in [-0.3, -0.25) is 0 Å². The van der Waals surface area contributed by atoms with Crippen molar-refractivity contribution < 1.29 is 4.74 Å². The van der Waals surface area contributed by atoms with Gasteiger partial charge >= 0.3 is 0 Å². The number of methoxy groups -OCH3 is 1. The molecule has 1 aromatic carbocycles. The summed E-state index contributed by atoms with van der Waals surface area (Å²) in [7, 11) is 1.71. The summed E-state index contributed by atoms with van der Waals surface area (Å²) in [6, 6.07) is 8.63. The molecule has 112 valence electrons. The van der Waals surface area contributed by atoms with Gasteiger partial charge in [-0.15, -0.1) is 0 Å². The van der Waals surface area contributed by atoms with Gasteiger partial charge in [0.15, 0.2) is 0 Å². The molecule has 1 aromatic heterocycles. The summed E-state index contributed by atoms with van der Waals surface area (Å²) in [5.41, 5.74) is 11.6. The Morgan fingerprint density at radius 1 is 1.29 bits per heavy atom. The van der Waals surface area contributed by atoms with Gasteiger partial charge in [-0.2, -0.15) is 0 Å². The molecule has 0 saturated heterocycles. The monoisotopic (exact) mass is 284 g/mol. The van der Waals surface area contributed by atoms with Crippen LogP contribution in [-0.2, 0) is 6.42 Å². The van der Waals surface area contributed by atoms with E-state index in [1.165, 1.54) is 16.9 Å². The van der Waals surface area contributed by atoms with Gasteiger partial charge in [-0.25, -0.2) is 0 Å². The van der Waals surface area contributed by atoms with E-state index in [-0.39, 0.29) is 11.5 Å². The molecular weight excluding hydrogens is 260 g/mol. The lowest BCUT2D eigenvalue weighted by atomic mass is 9.74. The quantitative estimate of drug-likeness (QED) is 0.912. The SMILES string of the molecule is COc1ccc(-n2ccc3c2CC(C)(C)CC3N)cc1C. The molecule has 3 nitrogen and oxygen atoms in total. The molecule has 0 fully saturated rings. The summed E-state index contributed by atoms with van der Waals surface area (Å²) < 4.78 is 7.63. The van der Waals surface area contributed by atoms with Crippen molar-refractivity contribution in [3.8, 4) is 11.4 Å². The average molecular weight is 284 g/mol. The van der Waals surface area contributed by atoms with Crippen LogP contribution in [0.25, 0.3) is 5.69 Å². The van der Waals surface area contributed by atoms with Crippen molar-refractivity contribution >= 4 is 0 Å². The number of hydrogen-bond donors (Lipinski definition) is 1. The molecule has 2 N–H and O–H groups in total. The second-order valence-electron chi connectivity index (χ2n) is 6.89. The molecule has 1 aliphatic carbocycles. The van der Waals surface area contributed by atoms with Gasteiger partial charge < -0.3 is 15.0 Å². The van der Waals surface area contributed by atoms with Crippen molar-refractivity contribution in [3.63, 3.8) is 0 Å². The summed E-state index contributed by atoms with van der Waals surface area (Å²) in [5.74, 6) is 0.928. The first kappa shape index (κ1) is 14.2. The number of aryl methyl sites for hydroxylation is 1. The maximum atomic E-state index is 6.36. The highest BCUT2D eigenvalue weighted by Crippen LogP contribution is 2.41. The van der Waals surface area contributed by atoms with E-state index >= 15 is 0 Å². The Labute approximate surface area is 126 Å². The Kier molecular flexibility index (Phi) is 3.33. The maximum Gasteiger partial charge on any atom is 0.121 e. The van der Waals surface area contributed by atoms with Gasteiger partial charge in [0, 0.05) is 23.6 Å². The lowest BCUT2D eigenvalue weighted by Gasteiger charge is -2.34. The summed E-state index contributed by atoms with van der Waals surface area (Å²) >= 11 is 0. The second-order valence-corrected chi connectivity index (χ2v) is 6.89. The van der Waals surface area contributed by atoms with E-state index in [1.54, 1.807) is 7.11 Å². The van der Waals surface area contributed by atoms with Gasteiger partial charge in [0.1, 0.15) is 5.75 Å². The predicted molar refractivity (Wildman–Crippen MR) is 86.1 cm³/mol. The minimum absolute atomic E-state index is 0.143. The number of fused-ring (bicyclic) bond motifs is 1. The number of nitrogens with two attached hydrogens (primary N) is 1. The third-order valence-electron chi connectivity index (χ3n) is 4.50. The molecule has 21 heavy (non-hydrogen) atoms. The maximum absolute atomic E-state index is 6.36. The van der Waals surface area contributed by atoms with E-state index in [9.17, 15) is 0 Å². The molecule has 0 radical (unpaired) electrons. The van der Waals surface area contributed by atoms with Crippen LogP contribution in [0.3, 0.4) is 0 Å². The van der Waals surface area contributed by atoms with Crippen LogP contribution in [0.4, 0.5) is 0 Å². The smallest absolute Gasteiger partial charge is 0.121 e. The Hall–Kier alpha value is -1.74. The van der Waals surface area contributed by atoms with Crippen molar-refractivity contribution in [1.29, 1.82) is 0 Å². The third kappa shape index (κ3) is 2.46. The molecule has 1 aliphatic rings. The minimum Gasteiger partial charge on any atom is -0.496 e. The normalized spacial score (nSPS) is 20.1. The Morgan fingerprint density at radius 2 is 2.05 bits per heavy atom. The predicted octanol–water partition coefficient (Wildman–Crippen LogP) is 3.77. The van der Waals surface area contributed by atoms with Crippen LogP contribution in [0.5, 0.6) is 5.75 Å². The Balaban J connectivity index is 2.07. The standard InChI is InChI=1S/C18H24N2O/c1-12-9-13(5-6-17(12)21-4)20-8-7-14-15(19)10-18(2,3)11-16(14)20/h5-9,15H,10-11,19H2,1-4H3. The van der Waals surface area contributed by atoms with Crippen LogP contribution >= 0.6 is 0 Å². The largest absolute Gasteiger partial charge is 0.496 e. The zero-order chi connectivity index (χ0) is 15.2. The molecule has 1 atom stereocenters. The van der Waals surface area contributed by atoms with E-state index < -0.39 is 0 Å². The van der Waals surface area contributed by atoms with Gasteiger partial charge in [0.2, 0.25) is 0 Å². The van der Waals surface area contributed by atoms with Crippen molar-refractivity contribution in [2.45, 2.75) is 39.7 Å². The number of rotatable bonds is 2. The van der Waals surface area contributed by atoms with Gasteiger partial charge in [-0.1, -0.05) is 13.8 Å². The molecule has 0 bridgehead atoms. The van der Waals surface area contributed by atoms with Crippen molar-refractivity contribution in [1.82, 2.24) is 4.57 Å². The molecule has 0 spiro atoms. The van der Waals surface area contributed by atoms with Crippen molar-refractivity contribution in [2.24, 2.45) is 11.1 Å².